The lowest BCUT2D eigenvalue weighted by Gasteiger charge is -2.28. The Morgan fingerprint density at radius 3 is 1.76 bits per heavy atom. The van der Waals surface area contributed by atoms with E-state index in [1.165, 1.54) is 26.0 Å². The Kier molecular flexibility index (Phi) is 3.47. The van der Waals surface area contributed by atoms with Crippen molar-refractivity contribution in [3.05, 3.63) is 34.9 Å². The lowest BCUT2D eigenvalue weighted by molar-refractivity contribution is -0.291. The second-order valence-corrected chi connectivity index (χ2v) is 3.90. The maximum absolute atomic E-state index is 13.1. The Balaban J connectivity index is 3.26. The van der Waals surface area contributed by atoms with Gasteiger partial charge in [0.2, 0.25) is 0 Å². The molecule has 1 aromatic carbocycles. The van der Waals surface area contributed by atoms with Gasteiger partial charge in [0.25, 0.3) is 0 Å². The first kappa shape index (κ1) is 13.9. The van der Waals surface area contributed by atoms with Gasteiger partial charge in [0.05, 0.1) is 0 Å². The third-order valence-electron chi connectivity index (χ3n) is 2.62. The monoisotopic (exact) mass is 253 g/mol. The van der Waals surface area contributed by atoms with Gasteiger partial charge in [-0.1, -0.05) is 18.2 Å². The predicted molar refractivity (Wildman–Crippen MR) is 53.8 cm³/mol. The zero-order valence-corrected chi connectivity index (χ0v) is 9.28. The van der Waals surface area contributed by atoms with Crippen LogP contribution in [0, 0.1) is 13.8 Å². The van der Waals surface area contributed by atoms with E-state index in [9.17, 15) is 22.0 Å². The van der Waals surface area contributed by atoms with Crippen LogP contribution in [0.5, 0.6) is 0 Å². The number of hydrogen-bond acceptors (Lipinski definition) is 1. The van der Waals surface area contributed by atoms with Gasteiger partial charge in [-0.3, -0.25) is 0 Å². The van der Waals surface area contributed by atoms with E-state index in [0.29, 0.717) is 11.1 Å². The van der Waals surface area contributed by atoms with Crippen molar-refractivity contribution in [1.29, 1.82) is 0 Å². The fraction of sp³-hybridized carbons (Fsp3) is 0.455. The molecule has 6 heteroatoms. The molecule has 2 N–H and O–H groups in total. The summed E-state index contributed by atoms with van der Waals surface area (Å²) in [6.45, 7) is 2.91. The standard InChI is InChI=1S/C11H12F5N/c1-6-4-3-5-7(2)8(6)9(17)10(12,13)11(14,15)16/h3-5,9H,17H2,1-2H3/t9-/m1/s1. The molecule has 0 amide bonds. The molecule has 1 aromatic rings. The van der Waals surface area contributed by atoms with Gasteiger partial charge in [-0.05, 0) is 30.5 Å². The second kappa shape index (κ2) is 4.25. The molecular weight excluding hydrogens is 241 g/mol. The van der Waals surface area contributed by atoms with Crippen LogP contribution < -0.4 is 5.73 Å². The molecule has 1 atom stereocenters. The summed E-state index contributed by atoms with van der Waals surface area (Å²) < 4.78 is 62.8. The van der Waals surface area contributed by atoms with Gasteiger partial charge < -0.3 is 5.73 Å². The lowest BCUT2D eigenvalue weighted by Crippen LogP contribution is -2.46. The summed E-state index contributed by atoms with van der Waals surface area (Å²) in [5, 5.41) is 0. The van der Waals surface area contributed by atoms with E-state index in [4.69, 9.17) is 5.73 Å². The number of aryl methyl sites for hydroxylation is 2. The van der Waals surface area contributed by atoms with E-state index in [1.54, 1.807) is 6.07 Å². The normalized spacial score (nSPS) is 14.8. The van der Waals surface area contributed by atoms with Gasteiger partial charge in [-0.15, -0.1) is 0 Å². The zero-order valence-electron chi connectivity index (χ0n) is 9.28. The summed E-state index contributed by atoms with van der Waals surface area (Å²) in [6.07, 6.45) is -5.65. The number of nitrogens with two attached hydrogens (primary N) is 1. The smallest absolute Gasteiger partial charge is 0.319 e. The first-order chi connectivity index (χ1) is 7.59. The SMILES string of the molecule is Cc1cccc(C)c1[C@@H](N)C(F)(F)C(F)(F)F. The van der Waals surface area contributed by atoms with Gasteiger partial charge >= 0.3 is 12.1 Å². The molecule has 0 aliphatic rings. The Hall–Kier alpha value is -1.17. The Morgan fingerprint density at radius 2 is 1.41 bits per heavy atom. The average Bonchev–Trinajstić information content (AvgIpc) is 2.15. The van der Waals surface area contributed by atoms with Gasteiger partial charge in [-0.2, -0.15) is 22.0 Å². The molecule has 0 spiro atoms. The van der Waals surface area contributed by atoms with Crippen LogP contribution in [-0.4, -0.2) is 12.1 Å². The molecule has 0 aromatic heterocycles. The van der Waals surface area contributed by atoms with Gasteiger partial charge in [0.1, 0.15) is 6.04 Å². The van der Waals surface area contributed by atoms with Crippen LogP contribution in [0.2, 0.25) is 0 Å². The molecule has 96 valence electrons. The fourth-order valence-corrected chi connectivity index (χ4v) is 1.68. The highest BCUT2D eigenvalue weighted by molar-refractivity contribution is 5.37. The minimum atomic E-state index is -5.65. The molecule has 0 bridgehead atoms. The zero-order chi connectivity index (χ0) is 13.4. The third kappa shape index (κ3) is 2.41. The van der Waals surface area contributed by atoms with Crippen molar-refractivity contribution >= 4 is 0 Å². The topological polar surface area (TPSA) is 26.0 Å². The van der Waals surface area contributed by atoms with Crippen molar-refractivity contribution in [3.63, 3.8) is 0 Å². The molecule has 1 rings (SSSR count). The van der Waals surface area contributed by atoms with Crippen LogP contribution in [0.25, 0.3) is 0 Å². The summed E-state index contributed by atoms with van der Waals surface area (Å²) >= 11 is 0. The van der Waals surface area contributed by atoms with Gasteiger partial charge in [-0.25, -0.2) is 0 Å². The van der Waals surface area contributed by atoms with Crippen LogP contribution in [0.15, 0.2) is 18.2 Å². The van der Waals surface area contributed by atoms with Crippen LogP contribution in [0.1, 0.15) is 22.7 Å². The predicted octanol–water partition coefficient (Wildman–Crippen LogP) is 3.50. The number of hydrogen-bond donors (Lipinski definition) is 1. The highest BCUT2D eigenvalue weighted by Gasteiger charge is 2.62. The van der Waals surface area contributed by atoms with E-state index in [-0.39, 0.29) is 5.56 Å². The highest BCUT2D eigenvalue weighted by atomic mass is 19.4. The molecule has 0 unspecified atom stereocenters. The van der Waals surface area contributed by atoms with Crippen LogP contribution in [0.4, 0.5) is 22.0 Å². The number of benzene rings is 1. The summed E-state index contributed by atoms with van der Waals surface area (Å²) in [5.41, 5.74) is 5.57. The lowest BCUT2D eigenvalue weighted by atomic mass is 9.92. The second-order valence-electron chi connectivity index (χ2n) is 3.90. The van der Waals surface area contributed by atoms with E-state index in [2.05, 4.69) is 0 Å². The highest BCUT2D eigenvalue weighted by Crippen LogP contribution is 2.44. The van der Waals surface area contributed by atoms with E-state index >= 15 is 0 Å². The van der Waals surface area contributed by atoms with Crippen molar-refractivity contribution in [2.75, 3.05) is 0 Å². The molecule has 0 saturated carbocycles. The molecule has 0 heterocycles. The first-order valence-corrected chi connectivity index (χ1v) is 4.85. The molecule has 0 aliphatic carbocycles. The maximum Gasteiger partial charge on any atom is 0.455 e. The van der Waals surface area contributed by atoms with E-state index in [0.717, 1.165) is 0 Å². The Bertz CT molecular complexity index is 391. The van der Waals surface area contributed by atoms with Crippen molar-refractivity contribution in [2.24, 2.45) is 5.73 Å². The van der Waals surface area contributed by atoms with Crippen LogP contribution in [-0.2, 0) is 0 Å². The van der Waals surface area contributed by atoms with Crippen molar-refractivity contribution < 1.29 is 22.0 Å². The quantitative estimate of drug-likeness (QED) is 0.802. The molecular formula is C11H12F5N. The molecule has 0 saturated heterocycles. The molecule has 17 heavy (non-hydrogen) atoms. The average molecular weight is 253 g/mol. The van der Waals surface area contributed by atoms with Crippen LogP contribution >= 0.6 is 0 Å². The summed E-state index contributed by atoms with van der Waals surface area (Å²) in [6, 6.07) is 2.10. The molecule has 0 fully saturated rings. The molecule has 0 radical (unpaired) electrons. The maximum atomic E-state index is 13.1. The molecule has 1 nitrogen and oxygen atoms in total. The van der Waals surface area contributed by atoms with E-state index < -0.39 is 18.1 Å². The summed E-state index contributed by atoms with van der Waals surface area (Å²) in [5.74, 6) is -4.94. The number of rotatable bonds is 2. The minimum absolute atomic E-state index is 0.158. The summed E-state index contributed by atoms with van der Waals surface area (Å²) in [4.78, 5) is 0. The molecule has 0 aliphatic heterocycles. The minimum Gasteiger partial charge on any atom is -0.319 e. The third-order valence-corrected chi connectivity index (χ3v) is 2.62. The van der Waals surface area contributed by atoms with Crippen molar-refractivity contribution in [1.82, 2.24) is 0 Å². The van der Waals surface area contributed by atoms with Gasteiger partial charge in [0.15, 0.2) is 0 Å². The number of halogens is 5. The van der Waals surface area contributed by atoms with Crippen molar-refractivity contribution in [2.45, 2.75) is 32.0 Å². The van der Waals surface area contributed by atoms with Crippen molar-refractivity contribution in [3.8, 4) is 0 Å². The Labute approximate surface area is 95.4 Å². The van der Waals surface area contributed by atoms with Gasteiger partial charge in [0, 0.05) is 0 Å². The largest absolute Gasteiger partial charge is 0.455 e. The number of alkyl halides is 5. The summed E-state index contributed by atoms with van der Waals surface area (Å²) in [7, 11) is 0. The van der Waals surface area contributed by atoms with Crippen LogP contribution in [0.3, 0.4) is 0 Å². The van der Waals surface area contributed by atoms with E-state index in [1.807, 2.05) is 0 Å². The Morgan fingerprint density at radius 1 is 1.00 bits per heavy atom. The first-order valence-electron chi connectivity index (χ1n) is 4.85. The fourth-order valence-electron chi connectivity index (χ4n) is 1.68.